The number of nitrogens with zero attached hydrogens (tertiary/aromatic N) is 4. The molecule has 3 aromatic heterocycles. The molecule has 3 rings (SSSR count). The first-order chi connectivity index (χ1) is 11.6. The van der Waals surface area contributed by atoms with E-state index in [4.69, 9.17) is 0 Å². The average Bonchev–Trinajstić information content (AvgIpc) is 3.05. The van der Waals surface area contributed by atoms with Crippen molar-refractivity contribution in [2.45, 2.75) is 12.4 Å². The highest BCUT2D eigenvalue weighted by molar-refractivity contribution is 5.60. The second-order valence-corrected chi connectivity index (χ2v) is 4.88. The standard InChI is InChI=1S/C14H7F6N5/c15-13(16,17)7-1-2-8(22-4-7)10-5-21-6-11(23-10)9-3-12(25-24-9)14(18,19)20/h1-6H,(H,24,25). The molecule has 3 aromatic rings. The van der Waals surface area contributed by atoms with Crippen LogP contribution in [0.1, 0.15) is 11.3 Å². The minimum Gasteiger partial charge on any atom is -0.276 e. The Bertz CT molecular complexity index is 882. The van der Waals surface area contributed by atoms with Crippen LogP contribution in [0.25, 0.3) is 22.8 Å². The minimum atomic E-state index is -4.62. The zero-order valence-corrected chi connectivity index (χ0v) is 12.0. The largest absolute Gasteiger partial charge is 0.435 e. The van der Waals surface area contributed by atoms with Gasteiger partial charge in [-0.15, -0.1) is 0 Å². The molecule has 0 fully saturated rings. The number of aromatic amines is 1. The van der Waals surface area contributed by atoms with Crippen molar-refractivity contribution in [3.8, 4) is 22.8 Å². The van der Waals surface area contributed by atoms with E-state index in [1.54, 1.807) is 0 Å². The molecule has 25 heavy (non-hydrogen) atoms. The Morgan fingerprint density at radius 3 is 2.08 bits per heavy atom. The molecule has 11 heteroatoms. The summed E-state index contributed by atoms with van der Waals surface area (Å²) in [5.74, 6) is 0. The van der Waals surface area contributed by atoms with Crippen molar-refractivity contribution in [3.05, 3.63) is 48.0 Å². The van der Waals surface area contributed by atoms with Crippen molar-refractivity contribution >= 4 is 0 Å². The number of pyridine rings is 1. The Balaban J connectivity index is 1.93. The van der Waals surface area contributed by atoms with Crippen LogP contribution in [-0.4, -0.2) is 25.1 Å². The summed E-state index contributed by atoms with van der Waals surface area (Å²) in [6, 6.07) is 2.69. The van der Waals surface area contributed by atoms with Crippen molar-refractivity contribution in [2.24, 2.45) is 0 Å². The molecule has 1 N–H and O–H groups in total. The number of alkyl halides is 6. The Morgan fingerprint density at radius 2 is 1.52 bits per heavy atom. The molecule has 130 valence electrons. The lowest BCUT2D eigenvalue weighted by atomic mass is 10.2. The second-order valence-electron chi connectivity index (χ2n) is 4.88. The third-order valence-electron chi connectivity index (χ3n) is 3.13. The van der Waals surface area contributed by atoms with Gasteiger partial charge in [-0.05, 0) is 18.2 Å². The SMILES string of the molecule is FC(F)(F)c1ccc(-c2cncc(-c3cc(C(F)(F)F)n[nH]3)n2)nc1. The van der Waals surface area contributed by atoms with E-state index >= 15 is 0 Å². The molecule has 3 heterocycles. The third kappa shape index (κ3) is 3.59. The van der Waals surface area contributed by atoms with Crippen LogP contribution in [0.3, 0.4) is 0 Å². The lowest BCUT2D eigenvalue weighted by molar-refractivity contribution is -0.141. The molecular formula is C14H7F6N5. The predicted molar refractivity (Wildman–Crippen MR) is 72.8 cm³/mol. The van der Waals surface area contributed by atoms with E-state index in [1.165, 1.54) is 12.4 Å². The molecule has 0 aliphatic heterocycles. The summed E-state index contributed by atoms with van der Waals surface area (Å²) in [7, 11) is 0. The number of hydrogen-bond acceptors (Lipinski definition) is 4. The molecule has 5 nitrogen and oxygen atoms in total. The summed E-state index contributed by atoms with van der Waals surface area (Å²) in [5, 5.41) is 5.34. The molecule has 0 bridgehead atoms. The van der Waals surface area contributed by atoms with Gasteiger partial charge in [0.1, 0.15) is 11.4 Å². The van der Waals surface area contributed by atoms with E-state index in [9.17, 15) is 26.3 Å². The molecule has 0 aromatic carbocycles. The first-order valence-electron chi connectivity index (χ1n) is 6.63. The number of H-pyrrole nitrogens is 1. The van der Waals surface area contributed by atoms with Gasteiger partial charge in [-0.1, -0.05) is 0 Å². The summed E-state index contributed by atoms with van der Waals surface area (Å²) in [4.78, 5) is 11.5. The summed E-state index contributed by atoms with van der Waals surface area (Å²) in [5.41, 5.74) is -1.84. The molecule has 0 saturated carbocycles. The average molecular weight is 359 g/mol. The fourth-order valence-electron chi connectivity index (χ4n) is 1.93. The molecule has 0 radical (unpaired) electrons. The maximum Gasteiger partial charge on any atom is 0.435 e. The first-order valence-corrected chi connectivity index (χ1v) is 6.63. The van der Waals surface area contributed by atoms with Crippen LogP contribution in [0.4, 0.5) is 26.3 Å². The number of hydrogen-bond donors (Lipinski definition) is 1. The van der Waals surface area contributed by atoms with E-state index in [2.05, 4.69) is 25.1 Å². The quantitative estimate of drug-likeness (QED) is 0.703. The molecule has 0 spiro atoms. The first kappa shape index (κ1) is 16.9. The van der Waals surface area contributed by atoms with E-state index < -0.39 is 23.6 Å². The van der Waals surface area contributed by atoms with Crippen molar-refractivity contribution in [2.75, 3.05) is 0 Å². The topological polar surface area (TPSA) is 67.3 Å². The van der Waals surface area contributed by atoms with Gasteiger partial charge in [0.25, 0.3) is 0 Å². The smallest absolute Gasteiger partial charge is 0.276 e. The summed E-state index contributed by atoms with van der Waals surface area (Å²) in [6.07, 6.45) is -6.07. The molecular weight excluding hydrogens is 352 g/mol. The van der Waals surface area contributed by atoms with Gasteiger partial charge in [-0.3, -0.25) is 15.1 Å². The predicted octanol–water partition coefficient (Wildman–Crippen LogP) is 3.97. The molecule has 0 atom stereocenters. The van der Waals surface area contributed by atoms with Gasteiger partial charge in [0.2, 0.25) is 0 Å². The minimum absolute atomic E-state index is 0.0337. The van der Waals surface area contributed by atoms with E-state index in [-0.39, 0.29) is 22.8 Å². The highest BCUT2D eigenvalue weighted by atomic mass is 19.4. The Hall–Kier alpha value is -2.98. The van der Waals surface area contributed by atoms with Crippen LogP contribution < -0.4 is 0 Å². The highest BCUT2D eigenvalue weighted by Gasteiger charge is 2.34. The maximum absolute atomic E-state index is 12.6. The van der Waals surface area contributed by atoms with Gasteiger partial charge in [-0.25, -0.2) is 4.98 Å². The molecule has 0 aliphatic carbocycles. The zero-order chi connectivity index (χ0) is 18.2. The van der Waals surface area contributed by atoms with E-state index in [0.29, 0.717) is 6.20 Å². The fraction of sp³-hybridized carbons (Fsp3) is 0.143. The van der Waals surface area contributed by atoms with Crippen LogP contribution >= 0.6 is 0 Å². The Morgan fingerprint density at radius 1 is 0.800 bits per heavy atom. The Labute approximate surface area is 135 Å². The van der Waals surface area contributed by atoms with Crippen LogP contribution in [0.5, 0.6) is 0 Å². The van der Waals surface area contributed by atoms with Gasteiger partial charge in [0.05, 0.1) is 29.3 Å². The Kier molecular flexibility index (Phi) is 3.93. The van der Waals surface area contributed by atoms with Gasteiger partial charge in [-0.2, -0.15) is 31.4 Å². The maximum atomic E-state index is 12.6. The van der Waals surface area contributed by atoms with Crippen LogP contribution in [0.2, 0.25) is 0 Å². The van der Waals surface area contributed by atoms with Crippen LogP contribution in [0, 0.1) is 0 Å². The lowest BCUT2D eigenvalue weighted by Gasteiger charge is -2.07. The van der Waals surface area contributed by atoms with Crippen LogP contribution in [0.15, 0.2) is 36.8 Å². The number of halogens is 6. The van der Waals surface area contributed by atoms with Crippen molar-refractivity contribution in [1.82, 2.24) is 25.1 Å². The molecule has 0 amide bonds. The second kappa shape index (κ2) is 5.83. The number of nitrogens with one attached hydrogen (secondary N) is 1. The summed E-state index contributed by atoms with van der Waals surface area (Å²) in [6.45, 7) is 0. The van der Waals surface area contributed by atoms with Gasteiger partial charge >= 0.3 is 12.4 Å². The molecule has 0 unspecified atom stereocenters. The van der Waals surface area contributed by atoms with Crippen molar-refractivity contribution < 1.29 is 26.3 Å². The monoisotopic (exact) mass is 359 g/mol. The fourth-order valence-corrected chi connectivity index (χ4v) is 1.93. The van der Waals surface area contributed by atoms with Crippen LogP contribution in [-0.2, 0) is 12.4 Å². The number of aromatic nitrogens is 5. The van der Waals surface area contributed by atoms with E-state index in [0.717, 1.165) is 18.2 Å². The van der Waals surface area contributed by atoms with E-state index in [1.807, 2.05) is 0 Å². The number of rotatable bonds is 2. The molecule has 0 aliphatic rings. The van der Waals surface area contributed by atoms with Crippen molar-refractivity contribution in [1.29, 1.82) is 0 Å². The lowest BCUT2D eigenvalue weighted by Crippen LogP contribution is -2.05. The third-order valence-corrected chi connectivity index (χ3v) is 3.13. The van der Waals surface area contributed by atoms with Crippen molar-refractivity contribution in [3.63, 3.8) is 0 Å². The highest BCUT2D eigenvalue weighted by Crippen LogP contribution is 2.31. The normalized spacial score (nSPS) is 12.4. The zero-order valence-electron chi connectivity index (χ0n) is 12.0. The molecule has 0 saturated heterocycles. The van der Waals surface area contributed by atoms with Gasteiger partial charge in [0.15, 0.2) is 5.69 Å². The summed E-state index contributed by atoms with van der Waals surface area (Å²) >= 11 is 0. The van der Waals surface area contributed by atoms with Gasteiger partial charge in [0, 0.05) is 6.20 Å². The van der Waals surface area contributed by atoms with Gasteiger partial charge < -0.3 is 0 Å². The summed E-state index contributed by atoms with van der Waals surface area (Å²) < 4.78 is 75.3.